The highest BCUT2D eigenvalue weighted by atomic mass is 16.3. The van der Waals surface area contributed by atoms with E-state index < -0.39 is 5.60 Å². The van der Waals surface area contributed by atoms with Gasteiger partial charge in [0.1, 0.15) is 0 Å². The maximum absolute atomic E-state index is 10.1. The molecule has 1 heteroatoms. The first-order valence-corrected chi connectivity index (χ1v) is 4.70. The van der Waals surface area contributed by atoms with Gasteiger partial charge in [-0.3, -0.25) is 0 Å². The van der Waals surface area contributed by atoms with E-state index in [9.17, 15) is 5.11 Å². The minimum absolute atomic E-state index is 0.348. The van der Waals surface area contributed by atoms with Crippen molar-refractivity contribution in [3.05, 3.63) is 25.3 Å². The fourth-order valence-electron chi connectivity index (χ4n) is 2.04. The molecule has 0 bridgehead atoms. The van der Waals surface area contributed by atoms with Crippen molar-refractivity contribution < 1.29 is 5.11 Å². The zero-order chi connectivity index (χ0) is 9.03. The Balaban J connectivity index is 2.65. The Bertz CT molecular complexity index is 174. The van der Waals surface area contributed by atoms with Crippen LogP contribution in [-0.2, 0) is 0 Å². The Labute approximate surface area is 74.8 Å². The first kappa shape index (κ1) is 9.53. The molecule has 2 atom stereocenters. The second kappa shape index (κ2) is 3.90. The maximum Gasteiger partial charge on any atom is 0.0856 e. The lowest BCUT2D eigenvalue weighted by Gasteiger charge is -2.37. The number of hydrogen-bond donors (Lipinski definition) is 1. The van der Waals surface area contributed by atoms with E-state index in [1.807, 2.05) is 6.08 Å². The largest absolute Gasteiger partial charge is 0.386 e. The van der Waals surface area contributed by atoms with Gasteiger partial charge in [0.05, 0.1) is 5.60 Å². The maximum atomic E-state index is 10.1. The van der Waals surface area contributed by atoms with Crippen molar-refractivity contribution in [3.63, 3.8) is 0 Å². The van der Waals surface area contributed by atoms with Crippen molar-refractivity contribution in [2.24, 2.45) is 5.92 Å². The van der Waals surface area contributed by atoms with E-state index in [1.165, 1.54) is 6.42 Å². The fourth-order valence-corrected chi connectivity index (χ4v) is 2.04. The molecule has 0 unspecified atom stereocenters. The molecule has 0 radical (unpaired) electrons. The second-order valence-corrected chi connectivity index (χ2v) is 3.66. The molecule has 0 aliphatic heterocycles. The lowest BCUT2D eigenvalue weighted by Crippen LogP contribution is -2.38. The minimum Gasteiger partial charge on any atom is -0.386 e. The topological polar surface area (TPSA) is 20.2 Å². The quantitative estimate of drug-likeness (QED) is 0.639. The van der Waals surface area contributed by atoms with Gasteiger partial charge in [0.25, 0.3) is 0 Å². The molecular formula is C11H18O. The van der Waals surface area contributed by atoms with Crippen LogP contribution < -0.4 is 0 Å². The molecular weight excluding hydrogens is 148 g/mol. The van der Waals surface area contributed by atoms with E-state index >= 15 is 0 Å². The fraction of sp³-hybridized carbons (Fsp3) is 0.636. The molecule has 0 amide bonds. The van der Waals surface area contributed by atoms with Gasteiger partial charge >= 0.3 is 0 Å². The Morgan fingerprint density at radius 2 is 2.17 bits per heavy atom. The third-order valence-corrected chi connectivity index (χ3v) is 2.89. The standard InChI is InChI=1S/C11H18O/c1-3-7-10-8-5-6-9-11(10,12)4-2/h3-4,10,12H,1-2,5-9H2/t10-,11+/m0/s1. The van der Waals surface area contributed by atoms with Crippen LogP contribution in [0.15, 0.2) is 25.3 Å². The molecule has 68 valence electrons. The lowest BCUT2D eigenvalue weighted by atomic mass is 9.74. The third-order valence-electron chi connectivity index (χ3n) is 2.89. The Morgan fingerprint density at radius 3 is 2.75 bits per heavy atom. The summed E-state index contributed by atoms with van der Waals surface area (Å²) in [5.74, 6) is 0.348. The summed E-state index contributed by atoms with van der Waals surface area (Å²) < 4.78 is 0. The van der Waals surface area contributed by atoms with Crippen LogP contribution in [0.5, 0.6) is 0 Å². The van der Waals surface area contributed by atoms with Gasteiger partial charge in [-0.15, -0.1) is 13.2 Å². The van der Waals surface area contributed by atoms with Crippen molar-refractivity contribution in [1.82, 2.24) is 0 Å². The van der Waals surface area contributed by atoms with Gasteiger partial charge in [-0.05, 0) is 25.2 Å². The zero-order valence-corrected chi connectivity index (χ0v) is 7.63. The minimum atomic E-state index is -0.619. The van der Waals surface area contributed by atoms with Crippen LogP contribution >= 0.6 is 0 Å². The Morgan fingerprint density at radius 1 is 1.42 bits per heavy atom. The lowest BCUT2D eigenvalue weighted by molar-refractivity contribution is -0.00306. The van der Waals surface area contributed by atoms with Gasteiger partial charge in [0.15, 0.2) is 0 Å². The van der Waals surface area contributed by atoms with Gasteiger partial charge in [-0.25, -0.2) is 0 Å². The van der Waals surface area contributed by atoms with Crippen LogP contribution in [0.1, 0.15) is 32.1 Å². The highest BCUT2D eigenvalue weighted by molar-refractivity contribution is 5.03. The van der Waals surface area contributed by atoms with Gasteiger partial charge in [0.2, 0.25) is 0 Å². The van der Waals surface area contributed by atoms with Gasteiger partial charge in [0, 0.05) is 0 Å². The van der Waals surface area contributed by atoms with E-state index in [0.717, 1.165) is 25.7 Å². The van der Waals surface area contributed by atoms with E-state index in [0.29, 0.717) is 5.92 Å². The summed E-state index contributed by atoms with van der Waals surface area (Å²) in [5, 5.41) is 10.1. The van der Waals surface area contributed by atoms with Crippen LogP contribution in [-0.4, -0.2) is 10.7 Å². The van der Waals surface area contributed by atoms with Gasteiger partial charge in [-0.1, -0.05) is 25.0 Å². The van der Waals surface area contributed by atoms with Gasteiger partial charge < -0.3 is 5.11 Å². The summed E-state index contributed by atoms with van der Waals surface area (Å²) in [6.45, 7) is 7.41. The number of aliphatic hydroxyl groups is 1. The van der Waals surface area contributed by atoms with Crippen LogP contribution in [0.25, 0.3) is 0 Å². The molecule has 12 heavy (non-hydrogen) atoms. The highest BCUT2D eigenvalue weighted by Gasteiger charge is 2.34. The number of rotatable bonds is 3. The average Bonchev–Trinajstić information content (AvgIpc) is 2.10. The summed E-state index contributed by atoms with van der Waals surface area (Å²) in [5.41, 5.74) is -0.619. The third kappa shape index (κ3) is 1.78. The summed E-state index contributed by atoms with van der Waals surface area (Å²) >= 11 is 0. The number of allylic oxidation sites excluding steroid dienone is 1. The van der Waals surface area contributed by atoms with Crippen molar-refractivity contribution in [1.29, 1.82) is 0 Å². The van der Waals surface area contributed by atoms with Crippen molar-refractivity contribution in [3.8, 4) is 0 Å². The smallest absolute Gasteiger partial charge is 0.0856 e. The van der Waals surface area contributed by atoms with Crippen LogP contribution in [0.4, 0.5) is 0 Å². The van der Waals surface area contributed by atoms with Crippen molar-refractivity contribution in [2.75, 3.05) is 0 Å². The SMILES string of the molecule is C=CC[C@H]1CCCC[C@]1(O)C=C. The van der Waals surface area contributed by atoms with Gasteiger partial charge in [-0.2, -0.15) is 0 Å². The van der Waals surface area contributed by atoms with Crippen LogP contribution in [0.3, 0.4) is 0 Å². The summed E-state index contributed by atoms with van der Waals surface area (Å²) in [6, 6.07) is 0. The Kier molecular flexibility index (Phi) is 3.10. The molecule has 0 heterocycles. The molecule has 1 N–H and O–H groups in total. The second-order valence-electron chi connectivity index (χ2n) is 3.66. The summed E-state index contributed by atoms with van der Waals surface area (Å²) in [6.07, 6.45) is 8.83. The predicted octanol–water partition coefficient (Wildman–Crippen LogP) is 2.67. The zero-order valence-electron chi connectivity index (χ0n) is 7.63. The molecule has 0 aromatic heterocycles. The number of hydrogen-bond acceptors (Lipinski definition) is 1. The molecule has 0 aromatic carbocycles. The van der Waals surface area contributed by atoms with Crippen LogP contribution in [0.2, 0.25) is 0 Å². The first-order chi connectivity index (χ1) is 5.73. The molecule has 1 nitrogen and oxygen atoms in total. The molecule has 1 aliphatic carbocycles. The van der Waals surface area contributed by atoms with E-state index in [4.69, 9.17) is 0 Å². The summed E-state index contributed by atoms with van der Waals surface area (Å²) in [7, 11) is 0. The van der Waals surface area contributed by atoms with Crippen molar-refractivity contribution >= 4 is 0 Å². The molecule has 0 spiro atoms. The van der Waals surface area contributed by atoms with Crippen LogP contribution in [0, 0.1) is 5.92 Å². The monoisotopic (exact) mass is 166 g/mol. The predicted molar refractivity (Wildman–Crippen MR) is 51.9 cm³/mol. The average molecular weight is 166 g/mol. The molecule has 0 saturated heterocycles. The molecule has 1 aliphatic rings. The normalized spacial score (nSPS) is 35.9. The van der Waals surface area contributed by atoms with Crippen molar-refractivity contribution in [2.45, 2.75) is 37.7 Å². The molecule has 0 aromatic rings. The van der Waals surface area contributed by atoms with E-state index in [1.54, 1.807) is 6.08 Å². The highest BCUT2D eigenvalue weighted by Crippen LogP contribution is 2.36. The van der Waals surface area contributed by atoms with E-state index in [2.05, 4.69) is 13.2 Å². The molecule has 1 rings (SSSR count). The molecule has 1 fully saturated rings. The first-order valence-electron chi connectivity index (χ1n) is 4.70. The summed E-state index contributed by atoms with van der Waals surface area (Å²) in [4.78, 5) is 0. The van der Waals surface area contributed by atoms with E-state index in [-0.39, 0.29) is 0 Å². The Hall–Kier alpha value is -0.560. The molecule has 1 saturated carbocycles.